The van der Waals surface area contributed by atoms with Crippen LogP contribution in [0.25, 0.3) is 0 Å². The van der Waals surface area contributed by atoms with E-state index in [1.807, 2.05) is 0 Å². The topological polar surface area (TPSA) is 21.7 Å². The van der Waals surface area contributed by atoms with Crippen molar-refractivity contribution in [3.63, 3.8) is 0 Å². The molecule has 2 rings (SSSR count). The van der Waals surface area contributed by atoms with Gasteiger partial charge in [0.2, 0.25) is 0 Å². The van der Waals surface area contributed by atoms with Crippen LogP contribution >= 0.6 is 15.9 Å². The Kier molecular flexibility index (Phi) is 6.37. The average Bonchev–Trinajstić information content (AvgIpc) is 2.52. The second-order valence-corrected chi connectivity index (χ2v) is 6.42. The summed E-state index contributed by atoms with van der Waals surface area (Å²) in [6.45, 7) is 5.59. The minimum absolute atomic E-state index is 0.747. The Balaban J connectivity index is 2.09. The molecule has 118 valence electrons. The summed E-state index contributed by atoms with van der Waals surface area (Å²) in [6, 6.07) is 4.28. The van der Waals surface area contributed by atoms with Gasteiger partial charge in [0, 0.05) is 25.0 Å². The highest BCUT2D eigenvalue weighted by Gasteiger charge is 2.21. The van der Waals surface area contributed by atoms with E-state index in [4.69, 9.17) is 9.47 Å². The summed E-state index contributed by atoms with van der Waals surface area (Å²) >= 11 is 3.65. The SMILES string of the molecule is CCCC(CBr)CN1CCc2cc(OC)c(OC)cc2C1. The van der Waals surface area contributed by atoms with Crippen LogP contribution in [0.5, 0.6) is 11.5 Å². The third-order valence-corrected chi connectivity index (χ3v) is 5.14. The Morgan fingerprint density at radius 3 is 2.43 bits per heavy atom. The molecule has 0 aliphatic carbocycles. The largest absolute Gasteiger partial charge is 0.493 e. The number of fused-ring (bicyclic) bond motifs is 1. The van der Waals surface area contributed by atoms with Crippen LogP contribution in [-0.2, 0) is 13.0 Å². The summed E-state index contributed by atoms with van der Waals surface area (Å²) in [5.41, 5.74) is 2.78. The third-order valence-electron chi connectivity index (χ3n) is 4.23. The van der Waals surface area contributed by atoms with Crippen molar-refractivity contribution in [2.45, 2.75) is 32.7 Å². The molecule has 0 saturated heterocycles. The maximum atomic E-state index is 5.43. The van der Waals surface area contributed by atoms with Gasteiger partial charge in [0.15, 0.2) is 11.5 Å². The molecule has 0 bridgehead atoms. The molecule has 1 aromatic rings. The molecule has 0 amide bonds. The van der Waals surface area contributed by atoms with Gasteiger partial charge in [-0.1, -0.05) is 29.3 Å². The van der Waals surface area contributed by atoms with Crippen LogP contribution in [0.2, 0.25) is 0 Å². The van der Waals surface area contributed by atoms with E-state index in [1.54, 1.807) is 14.2 Å². The van der Waals surface area contributed by atoms with Crippen molar-refractivity contribution >= 4 is 15.9 Å². The molecule has 1 heterocycles. The molecular weight excluding hydrogens is 330 g/mol. The van der Waals surface area contributed by atoms with E-state index >= 15 is 0 Å². The normalized spacial score (nSPS) is 16.4. The molecule has 0 fully saturated rings. The smallest absolute Gasteiger partial charge is 0.161 e. The van der Waals surface area contributed by atoms with Crippen molar-refractivity contribution in [1.29, 1.82) is 0 Å². The summed E-state index contributed by atoms with van der Waals surface area (Å²) in [5, 5.41) is 1.09. The van der Waals surface area contributed by atoms with Crippen molar-refractivity contribution in [3.8, 4) is 11.5 Å². The molecule has 21 heavy (non-hydrogen) atoms. The maximum absolute atomic E-state index is 5.43. The molecule has 0 spiro atoms. The minimum Gasteiger partial charge on any atom is -0.493 e. The summed E-state index contributed by atoms with van der Waals surface area (Å²) in [4.78, 5) is 2.57. The van der Waals surface area contributed by atoms with E-state index in [2.05, 4.69) is 39.9 Å². The van der Waals surface area contributed by atoms with E-state index in [1.165, 1.54) is 30.5 Å². The van der Waals surface area contributed by atoms with Gasteiger partial charge in [0.05, 0.1) is 14.2 Å². The number of nitrogens with zero attached hydrogens (tertiary/aromatic N) is 1. The second-order valence-electron chi connectivity index (χ2n) is 5.77. The van der Waals surface area contributed by atoms with Crippen molar-refractivity contribution < 1.29 is 9.47 Å². The fraction of sp³-hybridized carbons (Fsp3) is 0.647. The van der Waals surface area contributed by atoms with Crippen LogP contribution in [0.1, 0.15) is 30.9 Å². The quantitative estimate of drug-likeness (QED) is 0.693. The second kappa shape index (κ2) is 8.04. The van der Waals surface area contributed by atoms with Gasteiger partial charge in [-0.25, -0.2) is 0 Å². The number of methoxy groups -OCH3 is 2. The Hall–Kier alpha value is -0.740. The first kappa shape index (κ1) is 16.6. The van der Waals surface area contributed by atoms with Crippen LogP contribution < -0.4 is 9.47 Å². The summed E-state index contributed by atoms with van der Waals surface area (Å²) in [6.07, 6.45) is 3.64. The predicted molar refractivity (Wildman–Crippen MR) is 90.7 cm³/mol. The van der Waals surface area contributed by atoms with Gasteiger partial charge in [0.1, 0.15) is 0 Å². The van der Waals surface area contributed by atoms with Gasteiger partial charge in [-0.15, -0.1) is 0 Å². The molecule has 1 aliphatic heterocycles. The number of hydrogen-bond acceptors (Lipinski definition) is 3. The van der Waals surface area contributed by atoms with E-state index in [0.29, 0.717) is 0 Å². The zero-order valence-electron chi connectivity index (χ0n) is 13.3. The molecular formula is C17H26BrNO2. The third kappa shape index (κ3) is 4.13. The lowest BCUT2D eigenvalue weighted by atomic mass is 9.97. The van der Waals surface area contributed by atoms with Crippen LogP contribution in [0.4, 0.5) is 0 Å². The molecule has 1 unspecified atom stereocenters. The molecule has 4 heteroatoms. The van der Waals surface area contributed by atoms with Gasteiger partial charge in [-0.3, -0.25) is 4.90 Å². The highest BCUT2D eigenvalue weighted by Crippen LogP contribution is 2.33. The monoisotopic (exact) mass is 355 g/mol. The number of rotatable bonds is 7. The number of halogens is 1. The zero-order chi connectivity index (χ0) is 15.2. The van der Waals surface area contributed by atoms with Crippen LogP contribution in [0.3, 0.4) is 0 Å². The number of hydrogen-bond donors (Lipinski definition) is 0. The predicted octanol–water partition coefficient (Wildman–Crippen LogP) is 3.87. The van der Waals surface area contributed by atoms with Gasteiger partial charge < -0.3 is 9.47 Å². The van der Waals surface area contributed by atoms with Crippen molar-refractivity contribution in [2.75, 3.05) is 32.6 Å². The fourth-order valence-corrected chi connectivity index (χ4v) is 3.62. The molecule has 1 atom stereocenters. The Morgan fingerprint density at radius 1 is 1.19 bits per heavy atom. The van der Waals surface area contributed by atoms with Crippen molar-refractivity contribution in [3.05, 3.63) is 23.3 Å². The van der Waals surface area contributed by atoms with E-state index in [9.17, 15) is 0 Å². The zero-order valence-corrected chi connectivity index (χ0v) is 14.9. The number of ether oxygens (including phenoxy) is 2. The number of alkyl halides is 1. The van der Waals surface area contributed by atoms with Gasteiger partial charge in [-0.05, 0) is 42.0 Å². The van der Waals surface area contributed by atoms with Crippen LogP contribution in [0, 0.1) is 5.92 Å². The maximum Gasteiger partial charge on any atom is 0.161 e. The standard InChI is InChI=1S/C17H26BrNO2/c1-4-5-13(10-18)11-19-7-6-14-8-16(20-2)17(21-3)9-15(14)12-19/h8-9,13H,4-7,10-12H2,1-3H3. The lowest BCUT2D eigenvalue weighted by Crippen LogP contribution is -2.35. The van der Waals surface area contributed by atoms with Crippen LogP contribution in [-0.4, -0.2) is 37.5 Å². The van der Waals surface area contributed by atoms with Gasteiger partial charge in [-0.2, -0.15) is 0 Å². The van der Waals surface area contributed by atoms with Crippen molar-refractivity contribution in [2.24, 2.45) is 5.92 Å². The van der Waals surface area contributed by atoms with Gasteiger partial charge >= 0.3 is 0 Å². The number of benzene rings is 1. The first-order valence-corrected chi connectivity index (χ1v) is 8.86. The molecule has 0 aromatic heterocycles. The molecule has 0 N–H and O–H groups in total. The molecule has 3 nitrogen and oxygen atoms in total. The van der Waals surface area contributed by atoms with E-state index < -0.39 is 0 Å². The summed E-state index contributed by atoms with van der Waals surface area (Å²) in [5.74, 6) is 2.43. The molecule has 0 saturated carbocycles. The van der Waals surface area contributed by atoms with E-state index in [0.717, 1.165) is 42.3 Å². The van der Waals surface area contributed by atoms with Crippen LogP contribution in [0.15, 0.2) is 12.1 Å². The Morgan fingerprint density at radius 2 is 1.86 bits per heavy atom. The summed E-state index contributed by atoms with van der Waals surface area (Å²) in [7, 11) is 3.40. The first-order chi connectivity index (χ1) is 10.2. The highest BCUT2D eigenvalue weighted by molar-refractivity contribution is 9.09. The summed E-state index contributed by atoms with van der Waals surface area (Å²) < 4.78 is 10.8. The highest BCUT2D eigenvalue weighted by atomic mass is 79.9. The lowest BCUT2D eigenvalue weighted by Gasteiger charge is -2.32. The molecule has 0 radical (unpaired) electrons. The van der Waals surface area contributed by atoms with E-state index in [-0.39, 0.29) is 0 Å². The lowest BCUT2D eigenvalue weighted by molar-refractivity contribution is 0.216. The Bertz CT molecular complexity index is 464. The fourth-order valence-electron chi connectivity index (χ4n) is 3.09. The van der Waals surface area contributed by atoms with Gasteiger partial charge in [0.25, 0.3) is 0 Å². The Labute approximate surface area is 136 Å². The molecule has 1 aromatic carbocycles. The average molecular weight is 356 g/mol. The minimum atomic E-state index is 0.747. The first-order valence-electron chi connectivity index (χ1n) is 7.73. The van der Waals surface area contributed by atoms with Crippen molar-refractivity contribution in [1.82, 2.24) is 4.90 Å². The molecule has 1 aliphatic rings.